The van der Waals surface area contributed by atoms with Crippen molar-refractivity contribution in [2.75, 3.05) is 0 Å². The third kappa shape index (κ3) is 1.80. The summed E-state index contributed by atoms with van der Waals surface area (Å²) in [6.07, 6.45) is -3.20. The van der Waals surface area contributed by atoms with Gasteiger partial charge in [0.25, 0.3) is 0 Å². The normalized spacial score (nSPS) is 16.7. The van der Waals surface area contributed by atoms with Crippen LogP contribution < -0.4 is 5.73 Å². The van der Waals surface area contributed by atoms with Crippen LogP contribution >= 0.6 is 0 Å². The van der Waals surface area contributed by atoms with Gasteiger partial charge in [-0.3, -0.25) is 4.98 Å². The zero-order valence-corrected chi connectivity index (χ0v) is 6.97. The smallest absolute Gasteiger partial charge is 0.313 e. The predicted molar refractivity (Wildman–Crippen MR) is 41.8 cm³/mol. The van der Waals surface area contributed by atoms with Crippen LogP contribution in [-0.2, 0) is 5.54 Å². The first kappa shape index (κ1) is 9.98. The molecule has 0 radical (unpaired) electrons. The van der Waals surface area contributed by atoms with Crippen LogP contribution in [0, 0.1) is 0 Å². The molecule has 1 heterocycles. The van der Waals surface area contributed by atoms with Gasteiger partial charge in [-0.05, 0) is 19.1 Å². The molecule has 0 aliphatic carbocycles. The molecule has 5 heteroatoms. The summed E-state index contributed by atoms with van der Waals surface area (Å²) >= 11 is 0. The summed E-state index contributed by atoms with van der Waals surface area (Å²) in [7, 11) is 0. The number of pyridine rings is 1. The van der Waals surface area contributed by atoms with Gasteiger partial charge < -0.3 is 5.73 Å². The Morgan fingerprint density at radius 2 is 1.92 bits per heavy atom. The standard InChI is InChI=1S/C8H9F3N2/c1-7(12,8(9,10)11)6-4-2-3-5-13-6/h2-5H,12H2,1H3. The summed E-state index contributed by atoms with van der Waals surface area (Å²) in [5, 5.41) is 0. The Balaban J connectivity index is 3.08. The highest BCUT2D eigenvalue weighted by Gasteiger charge is 2.50. The van der Waals surface area contributed by atoms with E-state index in [-0.39, 0.29) is 5.69 Å². The van der Waals surface area contributed by atoms with E-state index in [2.05, 4.69) is 4.98 Å². The van der Waals surface area contributed by atoms with E-state index in [9.17, 15) is 13.2 Å². The molecule has 0 spiro atoms. The molecule has 1 rings (SSSR count). The highest BCUT2D eigenvalue weighted by atomic mass is 19.4. The van der Waals surface area contributed by atoms with E-state index in [1.54, 1.807) is 0 Å². The molecule has 0 saturated heterocycles. The zero-order valence-electron chi connectivity index (χ0n) is 6.97. The lowest BCUT2D eigenvalue weighted by atomic mass is 9.98. The van der Waals surface area contributed by atoms with E-state index in [1.165, 1.54) is 24.4 Å². The Hall–Kier alpha value is -1.10. The Morgan fingerprint density at radius 3 is 2.31 bits per heavy atom. The second-order valence-corrected chi connectivity index (χ2v) is 2.92. The SMILES string of the molecule is CC(N)(c1ccccn1)C(F)(F)F. The minimum absolute atomic E-state index is 0.178. The molecule has 0 amide bonds. The average Bonchev–Trinajstić information content (AvgIpc) is 2.04. The van der Waals surface area contributed by atoms with Gasteiger partial charge in [0, 0.05) is 6.20 Å². The Labute approximate surface area is 73.6 Å². The lowest BCUT2D eigenvalue weighted by Gasteiger charge is -2.26. The maximum Gasteiger partial charge on any atom is 0.411 e. The van der Waals surface area contributed by atoms with E-state index < -0.39 is 11.7 Å². The summed E-state index contributed by atoms with van der Waals surface area (Å²) in [4.78, 5) is 3.57. The lowest BCUT2D eigenvalue weighted by Crippen LogP contribution is -2.48. The number of halogens is 3. The fraction of sp³-hybridized carbons (Fsp3) is 0.375. The van der Waals surface area contributed by atoms with Crippen molar-refractivity contribution < 1.29 is 13.2 Å². The summed E-state index contributed by atoms with van der Waals surface area (Å²) in [5.74, 6) is 0. The van der Waals surface area contributed by atoms with E-state index in [4.69, 9.17) is 5.73 Å². The fourth-order valence-corrected chi connectivity index (χ4v) is 0.815. The summed E-state index contributed by atoms with van der Waals surface area (Å²) < 4.78 is 37.1. The number of alkyl halides is 3. The Bertz CT molecular complexity index is 279. The number of hydrogen-bond acceptors (Lipinski definition) is 2. The van der Waals surface area contributed by atoms with Crippen molar-refractivity contribution in [1.82, 2.24) is 4.98 Å². The molecular weight excluding hydrogens is 181 g/mol. The zero-order chi connectivity index (χ0) is 10.1. The van der Waals surface area contributed by atoms with E-state index in [1.807, 2.05) is 0 Å². The van der Waals surface area contributed by atoms with Crippen molar-refractivity contribution in [2.24, 2.45) is 5.73 Å². The molecular formula is C8H9F3N2. The van der Waals surface area contributed by atoms with Crippen molar-refractivity contribution >= 4 is 0 Å². The van der Waals surface area contributed by atoms with Crippen LogP contribution in [0.4, 0.5) is 13.2 Å². The van der Waals surface area contributed by atoms with Gasteiger partial charge in [0.15, 0.2) is 5.54 Å². The minimum atomic E-state index is -4.48. The van der Waals surface area contributed by atoms with Gasteiger partial charge in [-0.1, -0.05) is 6.07 Å². The number of hydrogen-bond donors (Lipinski definition) is 1. The van der Waals surface area contributed by atoms with Crippen LogP contribution in [0.15, 0.2) is 24.4 Å². The van der Waals surface area contributed by atoms with Gasteiger partial charge in [0.05, 0.1) is 5.69 Å². The van der Waals surface area contributed by atoms with Crippen molar-refractivity contribution in [2.45, 2.75) is 18.6 Å². The number of nitrogens with two attached hydrogens (primary N) is 1. The van der Waals surface area contributed by atoms with Crippen molar-refractivity contribution in [3.05, 3.63) is 30.1 Å². The molecule has 1 atom stereocenters. The molecule has 0 bridgehead atoms. The molecule has 0 aliphatic rings. The molecule has 13 heavy (non-hydrogen) atoms. The third-order valence-corrected chi connectivity index (χ3v) is 1.79. The molecule has 0 saturated carbocycles. The number of aromatic nitrogens is 1. The molecule has 2 N–H and O–H groups in total. The van der Waals surface area contributed by atoms with Gasteiger partial charge in [0.1, 0.15) is 0 Å². The van der Waals surface area contributed by atoms with Crippen molar-refractivity contribution in [3.63, 3.8) is 0 Å². The first-order valence-corrected chi connectivity index (χ1v) is 3.63. The first-order valence-electron chi connectivity index (χ1n) is 3.63. The predicted octanol–water partition coefficient (Wildman–Crippen LogP) is 1.82. The maximum absolute atomic E-state index is 12.4. The topological polar surface area (TPSA) is 38.9 Å². The molecule has 0 aromatic carbocycles. The van der Waals surface area contributed by atoms with Gasteiger partial charge >= 0.3 is 6.18 Å². The van der Waals surface area contributed by atoms with Crippen LogP contribution in [0.5, 0.6) is 0 Å². The van der Waals surface area contributed by atoms with Crippen molar-refractivity contribution in [1.29, 1.82) is 0 Å². The second-order valence-electron chi connectivity index (χ2n) is 2.92. The molecule has 0 fully saturated rings. The molecule has 1 aromatic rings. The van der Waals surface area contributed by atoms with Gasteiger partial charge in [-0.15, -0.1) is 0 Å². The summed E-state index contributed by atoms with van der Waals surface area (Å²) in [5.41, 5.74) is 2.57. The Kier molecular flexibility index (Phi) is 2.30. The molecule has 0 aliphatic heterocycles. The Morgan fingerprint density at radius 1 is 1.31 bits per heavy atom. The van der Waals surface area contributed by atoms with Gasteiger partial charge in [-0.2, -0.15) is 13.2 Å². The highest BCUT2D eigenvalue weighted by molar-refractivity contribution is 5.16. The summed E-state index contributed by atoms with van der Waals surface area (Å²) in [6.45, 7) is 0.898. The molecule has 2 nitrogen and oxygen atoms in total. The van der Waals surface area contributed by atoms with Crippen LogP contribution in [0.25, 0.3) is 0 Å². The number of rotatable bonds is 1. The van der Waals surface area contributed by atoms with E-state index >= 15 is 0 Å². The fourth-order valence-electron chi connectivity index (χ4n) is 0.815. The van der Waals surface area contributed by atoms with Gasteiger partial charge in [0.2, 0.25) is 0 Å². The van der Waals surface area contributed by atoms with Crippen molar-refractivity contribution in [3.8, 4) is 0 Å². The van der Waals surface area contributed by atoms with Gasteiger partial charge in [-0.25, -0.2) is 0 Å². The van der Waals surface area contributed by atoms with Crippen LogP contribution in [0.3, 0.4) is 0 Å². The van der Waals surface area contributed by atoms with E-state index in [0.717, 1.165) is 6.92 Å². The highest BCUT2D eigenvalue weighted by Crippen LogP contribution is 2.34. The maximum atomic E-state index is 12.4. The van der Waals surface area contributed by atoms with E-state index in [0.29, 0.717) is 0 Å². The largest absolute Gasteiger partial charge is 0.411 e. The second kappa shape index (κ2) is 2.99. The van der Waals surface area contributed by atoms with Crippen LogP contribution in [0.1, 0.15) is 12.6 Å². The first-order chi connectivity index (χ1) is 5.86. The minimum Gasteiger partial charge on any atom is -0.313 e. The number of nitrogens with zero attached hydrogens (tertiary/aromatic N) is 1. The monoisotopic (exact) mass is 190 g/mol. The quantitative estimate of drug-likeness (QED) is 0.733. The van der Waals surface area contributed by atoms with Crippen LogP contribution in [0.2, 0.25) is 0 Å². The van der Waals surface area contributed by atoms with Crippen LogP contribution in [-0.4, -0.2) is 11.2 Å². The average molecular weight is 190 g/mol. The molecule has 72 valence electrons. The summed E-state index contributed by atoms with van der Waals surface area (Å²) in [6, 6.07) is 4.27. The molecule has 1 aromatic heterocycles. The lowest BCUT2D eigenvalue weighted by molar-refractivity contribution is -0.185. The third-order valence-electron chi connectivity index (χ3n) is 1.79. The molecule has 1 unspecified atom stereocenters.